The Labute approximate surface area is 93.2 Å². The van der Waals surface area contributed by atoms with Crippen molar-refractivity contribution in [3.63, 3.8) is 0 Å². The van der Waals surface area contributed by atoms with Crippen molar-refractivity contribution < 1.29 is 5.11 Å². The Morgan fingerprint density at radius 2 is 2.07 bits per heavy atom. The van der Waals surface area contributed by atoms with Gasteiger partial charge in [0.15, 0.2) is 0 Å². The maximum Gasteiger partial charge on any atom is 0.0791 e. The summed E-state index contributed by atoms with van der Waals surface area (Å²) in [6.45, 7) is 3.81. The first-order valence-corrected chi connectivity index (χ1v) is 5.85. The molecule has 1 unspecified atom stereocenters. The number of hydrogen-bond acceptors (Lipinski definition) is 4. The molecule has 4 heteroatoms. The highest BCUT2D eigenvalue weighted by Crippen LogP contribution is 2.13. The van der Waals surface area contributed by atoms with E-state index in [0.29, 0.717) is 12.6 Å². The molecule has 0 amide bonds. The highest BCUT2D eigenvalue weighted by atomic mass is 16.3. The lowest BCUT2D eigenvalue weighted by molar-refractivity contribution is 0.0796. The molecule has 1 fully saturated rings. The van der Waals surface area contributed by atoms with E-state index in [1.807, 2.05) is 7.05 Å². The van der Waals surface area contributed by atoms with E-state index in [-0.39, 0.29) is 6.10 Å². The SMILES string of the molecule is CNCC(O)CN(C)C1CCN(C)CC1. The Bertz CT molecular complexity index is 169. The molecule has 1 rings (SSSR count). The third-order valence-corrected chi connectivity index (χ3v) is 3.25. The summed E-state index contributed by atoms with van der Waals surface area (Å²) in [5.41, 5.74) is 0. The van der Waals surface area contributed by atoms with Crippen LogP contribution < -0.4 is 5.32 Å². The van der Waals surface area contributed by atoms with Crippen LogP contribution in [-0.4, -0.2) is 74.4 Å². The first-order valence-electron chi connectivity index (χ1n) is 5.85. The normalized spacial score (nSPS) is 22.2. The van der Waals surface area contributed by atoms with Gasteiger partial charge in [0.2, 0.25) is 0 Å². The molecule has 0 saturated carbocycles. The predicted octanol–water partition coefficient (Wildman–Crippen LogP) is -0.407. The molecule has 90 valence electrons. The van der Waals surface area contributed by atoms with Crippen LogP contribution in [0.3, 0.4) is 0 Å². The summed E-state index contributed by atoms with van der Waals surface area (Å²) in [7, 11) is 6.17. The summed E-state index contributed by atoms with van der Waals surface area (Å²) >= 11 is 0. The second-order valence-electron chi connectivity index (χ2n) is 4.69. The van der Waals surface area contributed by atoms with Gasteiger partial charge < -0.3 is 20.2 Å². The van der Waals surface area contributed by atoms with Crippen molar-refractivity contribution in [1.29, 1.82) is 0 Å². The zero-order valence-electron chi connectivity index (χ0n) is 10.2. The smallest absolute Gasteiger partial charge is 0.0791 e. The lowest BCUT2D eigenvalue weighted by Crippen LogP contribution is -2.45. The van der Waals surface area contributed by atoms with E-state index in [1.165, 1.54) is 25.9 Å². The van der Waals surface area contributed by atoms with Gasteiger partial charge in [-0.05, 0) is 47.1 Å². The number of aliphatic hydroxyl groups excluding tert-OH is 1. The molecule has 4 nitrogen and oxygen atoms in total. The lowest BCUT2D eigenvalue weighted by Gasteiger charge is -2.35. The first kappa shape index (κ1) is 12.9. The molecule has 1 aliphatic rings. The zero-order valence-corrected chi connectivity index (χ0v) is 10.2. The van der Waals surface area contributed by atoms with Crippen LogP contribution >= 0.6 is 0 Å². The highest BCUT2D eigenvalue weighted by molar-refractivity contribution is 4.78. The summed E-state index contributed by atoms with van der Waals surface area (Å²) in [4.78, 5) is 4.67. The van der Waals surface area contributed by atoms with Gasteiger partial charge >= 0.3 is 0 Å². The number of aliphatic hydroxyl groups is 1. The second kappa shape index (κ2) is 6.43. The van der Waals surface area contributed by atoms with Crippen molar-refractivity contribution in [3.05, 3.63) is 0 Å². The molecule has 1 saturated heterocycles. The van der Waals surface area contributed by atoms with Crippen molar-refractivity contribution >= 4 is 0 Å². The van der Waals surface area contributed by atoms with E-state index >= 15 is 0 Å². The molecule has 1 atom stereocenters. The molecular weight excluding hydrogens is 190 g/mol. The molecule has 0 bridgehead atoms. The molecule has 0 radical (unpaired) electrons. The summed E-state index contributed by atoms with van der Waals surface area (Å²) in [6, 6.07) is 0.646. The minimum Gasteiger partial charge on any atom is -0.390 e. The average Bonchev–Trinajstić information content (AvgIpc) is 2.18. The van der Waals surface area contributed by atoms with Crippen LogP contribution in [0.1, 0.15) is 12.8 Å². The molecule has 0 aromatic carbocycles. The van der Waals surface area contributed by atoms with Gasteiger partial charge in [0, 0.05) is 19.1 Å². The van der Waals surface area contributed by atoms with Gasteiger partial charge in [-0.1, -0.05) is 0 Å². The Morgan fingerprint density at radius 1 is 1.47 bits per heavy atom. The van der Waals surface area contributed by atoms with Gasteiger partial charge in [-0.2, -0.15) is 0 Å². The summed E-state index contributed by atoms with van der Waals surface area (Å²) < 4.78 is 0. The van der Waals surface area contributed by atoms with E-state index in [9.17, 15) is 5.11 Å². The van der Waals surface area contributed by atoms with Gasteiger partial charge in [0.1, 0.15) is 0 Å². The van der Waals surface area contributed by atoms with E-state index in [1.54, 1.807) is 0 Å². The molecular formula is C11H25N3O. The maximum absolute atomic E-state index is 9.69. The minimum absolute atomic E-state index is 0.250. The van der Waals surface area contributed by atoms with E-state index in [4.69, 9.17) is 0 Å². The Hall–Kier alpha value is -0.160. The number of nitrogens with one attached hydrogen (secondary N) is 1. The fourth-order valence-electron chi connectivity index (χ4n) is 2.22. The minimum atomic E-state index is -0.250. The van der Waals surface area contributed by atoms with E-state index in [0.717, 1.165) is 6.54 Å². The zero-order chi connectivity index (χ0) is 11.3. The van der Waals surface area contributed by atoms with E-state index < -0.39 is 0 Å². The molecule has 15 heavy (non-hydrogen) atoms. The first-order chi connectivity index (χ1) is 7.13. The number of nitrogens with zero attached hydrogens (tertiary/aromatic N) is 2. The van der Waals surface area contributed by atoms with Crippen molar-refractivity contribution in [2.75, 3.05) is 47.3 Å². The molecule has 2 N–H and O–H groups in total. The van der Waals surface area contributed by atoms with Crippen LogP contribution in [0, 0.1) is 0 Å². The standard InChI is InChI=1S/C11H25N3O/c1-12-8-11(15)9-14(3)10-4-6-13(2)7-5-10/h10-12,15H,4-9H2,1-3H3. The van der Waals surface area contributed by atoms with Gasteiger partial charge in [-0.3, -0.25) is 0 Å². The predicted molar refractivity (Wildman–Crippen MR) is 63.1 cm³/mol. The summed E-state index contributed by atoms with van der Waals surface area (Å²) in [5, 5.41) is 12.7. The van der Waals surface area contributed by atoms with Gasteiger partial charge in [-0.15, -0.1) is 0 Å². The fraction of sp³-hybridized carbons (Fsp3) is 1.00. The van der Waals surface area contributed by atoms with Crippen LogP contribution in [0.15, 0.2) is 0 Å². The Balaban J connectivity index is 2.24. The number of piperidine rings is 1. The van der Waals surface area contributed by atoms with E-state index in [2.05, 4.69) is 29.2 Å². The number of likely N-dealkylation sites (N-methyl/N-ethyl adjacent to an activating group) is 2. The van der Waals surface area contributed by atoms with Crippen LogP contribution in [0.25, 0.3) is 0 Å². The third kappa shape index (κ3) is 4.47. The largest absolute Gasteiger partial charge is 0.390 e. The van der Waals surface area contributed by atoms with Gasteiger partial charge in [-0.25, -0.2) is 0 Å². The van der Waals surface area contributed by atoms with Crippen molar-refractivity contribution in [3.8, 4) is 0 Å². The molecule has 0 spiro atoms. The van der Waals surface area contributed by atoms with Crippen molar-refractivity contribution in [1.82, 2.24) is 15.1 Å². The summed E-state index contributed by atoms with van der Waals surface area (Å²) in [5.74, 6) is 0. The molecule has 0 aromatic rings. The Morgan fingerprint density at radius 3 is 2.60 bits per heavy atom. The average molecular weight is 215 g/mol. The number of rotatable bonds is 5. The maximum atomic E-state index is 9.69. The Kier molecular flexibility index (Phi) is 5.53. The third-order valence-electron chi connectivity index (χ3n) is 3.25. The quantitative estimate of drug-likeness (QED) is 0.654. The number of likely N-dealkylation sites (tertiary alicyclic amines) is 1. The van der Waals surface area contributed by atoms with Crippen LogP contribution in [0.5, 0.6) is 0 Å². The van der Waals surface area contributed by atoms with Crippen molar-refractivity contribution in [2.24, 2.45) is 0 Å². The van der Waals surface area contributed by atoms with Crippen LogP contribution in [-0.2, 0) is 0 Å². The summed E-state index contributed by atoms with van der Waals surface area (Å²) in [6.07, 6.45) is 2.19. The van der Waals surface area contributed by atoms with Gasteiger partial charge in [0.05, 0.1) is 6.10 Å². The van der Waals surface area contributed by atoms with Crippen LogP contribution in [0.2, 0.25) is 0 Å². The topological polar surface area (TPSA) is 38.7 Å². The molecule has 1 aliphatic heterocycles. The molecule has 1 heterocycles. The molecule has 0 aliphatic carbocycles. The monoisotopic (exact) mass is 215 g/mol. The molecule has 0 aromatic heterocycles. The fourth-order valence-corrected chi connectivity index (χ4v) is 2.22. The number of hydrogen-bond donors (Lipinski definition) is 2. The highest BCUT2D eigenvalue weighted by Gasteiger charge is 2.21. The van der Waals surface area contributed by atoms with Gasteiger partial charge in [0.25, 0.3) is 0 Å². The lowest BCUT2D eigenvalue weighted by atomic mass is 10.0. The van der Waals surface area contributed by atoms with Crippen molar-refractivity contribution in [2.45, 2.75) is 25.0 Å². The second-order valence-corrected chi connectivity index (χ2v) is 4.69. The van der Waals surface area contributed by atoms with Crippen LogP contribution in [0.4, 0.5) is 0 Å².